The predicted octanol–water partition coefficient (Wildman–Crippen LogP) is -0.535. The Morgan fingerprint density at radius 3 is 2.24 bits per heavy atom. The van der Waals surface area contributed by atoms with Crippen molar-refractivity contribution in [1.82, 2.24) is 5.32 Å². The first-order valence-electron chi connectivity index (χ1n) is 4.93. The van der Waals surface area contributed by atoms with E-state index >= 15 is 0 Å². The van der Waals surface area contributed by atoms with Crippen LogP contribution < -0.4 is 16.8 Å². The molecule has 1 rings (SSSR count). The Bertz CT molecular complexity index is 443. The Hall–Kier alpha value is -1.95. The van der Waals surface area contributed by atoms with Crippen LogP contribution in [0.25, 0.3) is 0 Å². The second kappa shape index (κ2) is 5.95. The molecule has 90 valence electrons. The monoisotopic (exact) mass is 251 g/mol. The van der Waals surface area contributed by atoms with Gasteiger partial charge in [0.05, 0.1) is 13.0 Å². The largest absolute Gasteiger partial charge is 0.389 e. The fourth-order valence-corrected chi connectivity index (χ4v) is 1.36. The van der Waals surface area contributed by atoms with Crippen molar-refractivity contribution in [3.05, 3.63) is 35.4 Å². The molecule has 0 bridgehead atoms. The summed E-state index contributed by atoms with van der Waals surface area (Å²) < 4.78 is 0. The summed E-state index contributed by atoms with van der Waals surface area (Å²) in [5, 5.41) is 2.40. The van der Waals surface area contributed by atoms with Crippen molar-refractivity contribution in [2.24, 2.45) is 11.5 Å². The number of carbonyl (C=O) groups excluding carboxylic acids is 2. The lowest BCUT2D eigenvalue weighted by Gasteiger charge is -2.04. The van der Waals surface area contributed by atoms with Gasteiger partial charge >= 0.3 is 0 Å². The number of hydrogen-bond acceptors (Lipinski definition) is 3. The van der Waals surface area contributed by atoms with E-state index in [2.05, 4.69) is 5.32 Å². The van der Waals surface area contributed by atoms with Crippen LogP contribution in [-0.4, -0.2) is 23.3 Å². The van der Waals surface area contributed by atoms with Gasteiger partial charge in [0.25, 0.3) is 0 Å². The van der Waals surface area contributed by atoms with Crippen LogP contribution in [0.3, 0.4) is 0 Å². The number of nitrogens with two attached hydrogens (primary N) is 2. The molecule has 2 amide bonds. The SMILES string of the molecule is NC(=O)CNC(=O)Cc1ccc(C(N)=S)cc1. The number of amides is 2. The Balaban J connectivity index is 2.54. The number of benzene rings is 1. The van der Waals surface area contributed by atoms with E-state index in [0.29, 0.717) is 4.99 Å². The lowest BCUT2D eigenvalue weighted by molar-refractivity contribution is -0.124. The molecule has 0 spiro atoms. The van der Waals surface area contributed by atoms with Gasteiger partial charge in [0.2, 0.25) is 11.8 Å². The minimum atomic E-state index is -0.567. The van der Waals surface area contributed by atoms with E-state index < -0.39 is 5.91 Å². The number of nitrogens with one attached hydrogen (secondary N) is 1. The van der Waals surface area contributed by atoms with E-state index in [4.69, 9.17) is 23.7 Å². The normalized spacial score (nSPS) is 9.65. The van der Waals surface area contributed by atoms with Gasteiger partial charge in [0.15, 0.2) is 0 Å². The average molecular weight is 251 g/mol. The van der Waals surface area contributed by atoms with Crippen LogP contribution in [0.15, 0.2) is 24.3 Å². The van der Waals surface area contributed by atoms with Gasteiger partial charge in [-0.2, -0.15) is 0 Å². The molecule has 1 aromatic carbocycles. The van der Waals surface area contributed by atoms with Gasteiger partial charge in [-0.15, -0.1) is 0 Å². The summed E-state index contributed by atoms with van der Waals surface area (Å²) in [5.74, 6) is -0.825. The molecule has 0 aliphatic rings. The highest BCUT2D eigenvalue weighted by molar-refractivity contribution is 7.80. The van der Waals surface area contributed by atoms with Crippen LogP contribution in [0.1, 0.15) is 11.1 Å². The van der Waals surface area contributed by atoms with Gasteiger partial charge in [-0.1, -0.05) is 36.5 Å². The highest BCUT2D eigenvalue weighted by Gasteiger charge is 2.04. The number of primary amides is 1. The zero-order valence-electron chi connectivity index (χ0n) is 9.10. The van der Waals surface area contributed by atoms with Crippen molar-refractivity contribution < 1.29 is 9.59 Å². The summed E-state index contributed by atoms with van der Waals surface area (Å²) >= 11 is 4.81. The Kier molecular flexibility index (Phi) is 4.59. The van der Waals surface area contributed by atoms with Crippen LogP contribution in [0.2, 0.25) is 0 Å². The first-order chi connectivity index (χ1) is 7.99. The first-order valence-corrected chi connectivity index (χ1v) is 5.33. The zero-order chi connectivity index (χ0) is 12.8. The molecule has 5 N–H and O–H groups in total. The van der Waals surface area contributed by atoms with E-state index in [0.717, 1.165) is 11.1 Å². The van der Waals surface area contributed by atoms with Gasteiger partial charge in [0.1, 0.15) is 4.99 Å². The summed E-state index contributed by atoms with van der Waals surface area (Å²) in [6.07, 6.45) is 0.185. The molecule has 17 heavy (non-hydrogen) atoms. The van der Waals surface area contributed by atoms with Crippen molar-refractivity contribution in [3.8, 4) is 0 Å². The van der Waals surface area contributed by atoms with Gasteiger partial charge in [-0.3, -0.25) is 9.59 Å². The summed E-state index contributed by atoms with van der Waals surface area (Å²) in [7, 11) is 0. The molecule has 0 atom stereocenters. The van der Waals surface area contributed by atoms with Crippen molar-refractivity contribution in [1.29, 1.82) is 0 Å². The predicted molar refractivity (Wildman–Crippen MR) is 68.2 cm³/mol. The van der Waals surface area contributed by atoms with E-state index in [1.807, 2.05) is 0 Å². The minimum Gasteiger partial charge on any atom is -0.389 e. The van der Waals surface area contributed by atoms with E-state index in [9.17, 15) is 9.59 Å². The molecule has 0 radical (unpaired) electrons. The topological polar surface area (TPSA) is 98.2 Å². The molecule has 0 saturated heterocycles. The third-order valence-corrected chi connectivity index (χ3v) is 2.30. The van der Waals surface area contributed by atoms with Crippen LogP contribution >= 0.6 is 12.2 Å². The fraction of sp³-hybridized carbons (Fsp3) is 0.182. The zero-order valence-corrected chi connectivity index (χ0v) is 9.92. The molecular weight excluding hydrogens is 238 g/mol. The third-order valence-electron chi connectivity index (χ3n) is 2.06. The summed E-state index contributed by atoms with van der Waals surface area (Å²) in [6, 6.07) is 7.02. The van der Waals surface area contributed by atoms with Crippen molar-refractivity contribution in [2.75, 3.05) is 6.54 Å². The highest BCUT2D eigenvalue weighted by atomic mass is 32.1. The van der Waals surface area contributed by atoms with E-state index in [1.165, 1.54) is 0 Å². The minimum absolute atomic E-state index is 0.149. The number of thiocarbonyl (C=S) groups is 1. The van der Waals surface area contributed by atoms with Gasteiger partial charge in [0, 0.05) is 5.56 Å². The van der Waals surface area contributed by atoms with Gasteiger partial charge in [-0.25, -0.2) is 0 Å². The maximum absolute atomic E-state index is 11.4. The van der Waals surface area contributed by atoms with Gasteiger partial charge in [-0.05, 0) is 5.56 Å². The quantitative estimate of drug-likeness (QED) is 0.612. The van der Waals surface area contributed by atoms with Crippen LogP contribution in [0.4, 0.5) is 0 Å². The molecule has 0 aromatic heterocycles. The first kappa shape index (κ1) is 13.1. The summed E-state index contributed by atoms with van der Waals surface area (Å²) in [4.78, 5) is 22.1. The number of rotatable bonds is 5. The number of carbonyl (C=O) groups is 2. The Labute approximate surface area is 104 Å². The molecule has 1 aromatic rings. The highest BCUT2D eigenvalue weighted by Crippen LogP contribution is 2.05. The maximum atomic E-state index is 11.4. The molecule has 0 aliphatic carbocycles. The summed E-state index contributed by atoms with van der Waals surface area (Å²) in [6.45, 7) is -0.149. The van der Waals surface area contributed by atoms with Crippen LogP contribution in [0, 0.1) is 0 Å². The van der Waals surface area contributed by atoms with Crippen molar-refractivity contribution in [3.63, 3.8) is 0 Å². The van der Waals surface area contributed by atoms with Gasteiger partial charge < -0.3 is 16.8 Å². The average Bonchev–Trinajstić information content (AvgIpc) is 2.27. The van der Waals surface area contributed by atoms with Crippen molar-refractivity contribution in [2.45, 2.75) is 6.42 Å². The molecule has 5 nitrogen and oxygen atoms in total. The van der Waals surface area contributed by atoms with E-state index in [1.54, 1.807) is 24.3 Å². The number of hydrogen-bond donors (Lipinski definition) is 3. The van der Waals surface area contributed by atoms with Crippen LogP contribution in [-0.2, 0) is 16.0 Å². The molecular formula is C11H13N3O2S. The Morgan fingerprint density at radius 1 is 1.18 bits per heavy atom. The molecule has 0 aliphatic heterocycles. The third kappa shape index (κ3) is 4.60. The van der Waals surface area contributed by atoms with Crippen LogP contribution in [0.5, 0.6) is 0 Å². The lowest BCUT2D eigenvalue weighted by atomic mass is 10.1. The lowest BCUT2D eigenvalue weighted by Crippen LogP contribution is -2.34. The maximum Gasteiger partial charge on any atom is 0.236 e. The standard InChI is InChI=1S/C11H13N3O2S/c12-9(15)6-14-10(16)5-7-1-3-8(4-2-7)11(13)17/h1-4H,5-6H2,(H2,12,15)(H2,13,17)(H,14,16). The summed E-state index contributed by atoms with van der Waals surface area (Å²) in [5.41, 5.74) is 11.9. The molecule has 0 fully saturated rings. The van der Waals surface area contributed by atoms with Crippen molar-refractivity contribution >= 4 is 29.0 Å². The van der Waals surface area contributed by atoms with E-state index in [-0.39, 0.29) is 18.9 Å². The second-order valence-electron chi connectivity index (χ2n) is 3.48. The second-order valence-corrected chi connectivity index (χ2v) is 3.92. The molecule has 0 unspecified atom stereocenters. The molecule has 0 heterocycles. The Morgan fingerprint density at radius 2 is 1.76 bits per heavy atom. The molecule has 6 heteroatoms. The fourth-order valence-electron chi connectivity index (χ4n) is 1.22. The smallest absolute Gasteiger partial charge is 0.236 e. The molecule has 0 saturated carbocycles.